The molecule has 0 aliphatic heterocycles. The lowest BCUT2D eigenvalue weighted by atomic mass is 10.1. The van der Waals surface area contributed by atoms with Crippen molar-refractivity contribution in [1.82, 2.24) is 4.98 Å². The quantitative estimate of drug-likeness (QED) is 0.838. The number of rotatable bonds is 3. The Kier molecular flexibility index (Phi) is 2.63. The summed E-state index contributed by atoms with van der Waals surface area (Å²) in [6.45, 7) is 3.97. The van der Waals surface area contributed by atoms with E-state index in [9.17, 15) is 5.11 Å². The third kappa shape index (κ3) is 2.11. The Morgan fingerprint density at radius 3 is 3.00 bits per heavy atom. The molecular weight excluding hydrogens is 208 g/mol. The standard InChI is InChI=1S/C11H14N2OS/c1-11(2,7-14)13-10-8-4-6-15-9(8)3-5-12-10/h3-6,14H,7H2,1-2H3,(H,12,13). The average Bonchev–Trinajstić information content (AvgIpc) is 2.66. The van der Waals surface area contributed by atoms with Gasteiger partial charge in [-0.05, 0) is 31.4 Å². The molecule has 0 amide bonds. The first-order valence-corrected chi connectivity index (χ1v) is 5.72. The summed E-state index contributed by atoms with van der Waals surface area (Å²) in [5.74, 6) is 0.841. The predicted molar refractivity (Wildman–Crippen MR) is 64.4 cm³/mol. The first-order chi connectivity index (χ1) is 7.12. The van der Waals surface area contributed by atoms with E-state index < -0.39 is 0 Å². The van der Waals surface area contributed by atoms with Crippen molar-refractivity contribution in [2.24, 2.45) is 0 Å². The van der Waals surface area contributed by atoms with Gasteiger partial charge < -0.3 is 10.4 Å². The molecule has 2 aromatic rings. The molecule has 15 heavy (non-hydrogen) atoms. The van der Waals surface area contributed by atoms with E-state index in [1.165, 1.54) is 4.70 Å². The minimum Gasteiger partial charge on any atom is -0.394 e. The Morgan fingerprint density at radius 2 is 2.27 bits per heavy atom. The maximum absolute atomic E-state index is 9.19. The lowest BCUT2D eigenvalue weighted by Crippen LogP contribution is -2.35. The van der Waals surface area contributed by atoms with Gasteiger partial charge in [-0.15, -0.1) is 11.3 Å². The predicted octanol–water partition coefficient (Wildman–Crippen LogP) is 2.48. The van der Waals surface area contributed by atoms with Gasteiger partial charge in [0.25, 0.3) is 0 Å². The van der Waals surface area contributed by atoms with Crippen LogP contribution in [0.2, 0.25) is 0 Å². The number of hydrogen-bond acceptors (Lipinski definition) is 4. The Balaban J connectivity index is 2.39. The fraction of sp³-hybridized carbons (Fsp3) is 0.364. The first-order valence-electron chi connectivity index (χ1n) is 4.84. The van der Waals surface area contributed by atoms with Crippen molar-refractivity contribution in [3.63, 3.8) is 0 Å². The zero-order valence-electron chi connectivity index (χ0n) is 8.82. The van der Waals surface area contributed by atoms with E-state index >= 15 is 0 Å². The lowest BCUT2D eigenvalue weighted by molar-refractivity contribution is 0.234. The van der Waals surface area contributed by atoms with Crippen molar-refractivity contribution in [3.8, 4) is 0 Å². The molecule has 2 heterocycles. The lowest BCUT2D eigenvalue weighted by Gasteiger charge is -2.24. The fourth-order valence-corrected chi connectivity index (χ4v) is 2.14. The van der Waals surface area contributed by atoms with Crippen LogP contribution in [0.1, 0.15) is 13.8 Å². The molecule has 0 radical (unpaired) electrons. The summed E-state index contributed by atoms with van der Waals surface area (Å²) in [5.41, 5.74) is -0.344. The zero-order valence-corrected chi connectivity index (χ0v) is 9.64. The average molecular weight is 222 g/mol. The van der Waals surface area contributed by atoms with E-state index in [2.05, 4.69) is 10.3 Å². The van der Waals surface area contributed by atoms with Crippen molar-refractivity contribution in [3.05, 3.63) is 23.7 Å². The molecule has 2 N–H and O–H groups in total. The third-order valence-electron chi connectivity index (χ3n) is 2.23. The van der Waals surface area contributed by atoms with Crippen molar-refractivity contribution < 1.29 is 5.11 Å². The Hall–Kier alpha value is -1.13. The molecule has 80 valence electrons. The second-order valence-corrected chi connectivity index (χ2v) is 5.11. The second-order valence-electron chi connectivity index (χ2n) is 4.16. The highest BCUT2D eigenvalue weighted by molar-refractivity contribution is 7.17. The van der Waals surface area contributed by atoms with Crippen LogP contribution in [0.25, 0.3) is 10.1 Å². The number of nitrogens with one attached hydrogen (secondary N) is 1. The number of anilines is 1. The van der Waals surface area contributed by atoms with Crippen LogP contribution in [-0.4, -0.2) is 22.2 Å². The smallest absolute Gasteiger partial charge is 0.135 e. The highest BCUT2D eigenvalue weighted by atomic mass is 32.1. The van der Waals surface area contributed by atoms with Crippen molar-refractivity contribution >= 4 is 27.2 Å². The first kappa shape index (κ1) is 10.4. The van der Waals surface area contributed by atoms with E-state index in [4.69, 9.17) is 0 Å². The van der Waals surface area contributed by atoms with Crippen LogP contribution in [0, 0.1) is 0 Å². The molecule has 2 aromatic heterocycles. The summed E-state index contributed by atoms with van der Waals surface area (Å²) in [4.78, 5) is 4.30. The largest absolute Gasteiger partial charge is 0.394 e. The SMILES string of the molecule is CC(C)(CO)Nc1nccc2sccc12. The monoisotopic (exact) mass is 222 g/mol. The van der Waals surface area contributed by atoms with E-state index in [1.807, 2.05) is 31.4 Å². The summed E-state index contributed by atoms with van der Waals surface area (Å²) < 4.78 is 1.21. The van der Waals surface area contributed by atoms with Crippen LogP contribution < -0.4 is 5.32 Å². The molecule has 0 fully saturated rings. The fourth-order valence-electron chi connectivity index (χ4n) is 1.35. The van der Waals surface area contributed by atoms with Crippen LogP contribution in [-0.2, 0) is 0 Å². The molecule has 0 aromatic carbocycles. The molecule has 0 bridgehead atoms. The van der Waals surface area contributed by atoms with Crippen LogP contribution >= 0.6 is 11.3 Å². The van der Waals surface area contributed by atoms with E-state index in [0.717, 1.165) is 11.2 Å². The van der Waals surface area contributed by atoms with Gasteiger partial charge in [0.05, 0.1) is 12.1 Å². The van der Waals surface area contributed by atoms with E-state index in [-0.39, 0.29) is 12.1 Å². The van der Waals surface area contributed by atoms with Crippen LogP contribution in [0.4, 0.5) is 5.82 Å². The van der Waals surface area contributed by atoms with Gasteiger partial charge in [-0.2, -0.15) is 0 Å². The summed E-state index contributed by atoms with van der Waals surface area (Å²) in [7, 11) is 0. The Bertz CT molecular complexity index is 464. The van der Waals surface area contributed by atoms with Crippen molar-refractivity contribution in [2.75, 3.05) is 11.9 Å². The number of pyridine rings is 1. The molecule has 0 aliphatic rings. The molecule has 0 saturated heterocycles. The van der Waals surface area contributed by atoms with Crippen LogP contribution in [0.15, 0.2) is 23.7 Å². The van der Waals surface area contributed by atoms with Gasteiger partial charge in [-0.1, -0.05) is 0 Å². The maximum atomic E-state index is 9.19. The minimum absolute atomic E-state index is 0.0786. The number of hydrogen-bond donors (Lipinski definition) is 2. The third-order valence-corrected chi connectivity index (χ3v) is 3.11. The highest BCUT2D eigenvalue weighted by Crippen LogP contribution is 2.27. The number of nitrogens with zero attached hydrogens (tertiary/aromatic N) is 1. The van der Waals surface area contributed by atoms with Crippen molar-refractivity contribution in [2.45, 2.75) is 19.4 Å². The molecule has 0 saturated carbocycles. The summed E-state index contributed by atoms with van der Waals surface area (Å²) in [5, 5.41) is 15.6. The molecule has 3 nitrogen and oxygen atoms in total. The normalized spacial score (nSPS) is 11.9. The van der Waals surface area contributed by atoms with Gasteiger partial charge in [0, 0.05) is 16.3 Å². The Morgan fingerprint density at radius 1 is 1.47 bits per heavy atom. The summed E-state index contributed by atoms with van der Waals surface area (Å²) >= 11 is 1.69. The van der Waals surface area contributed by atoms with Gasteiger partial charge in [0.2, 0.25) is 0 Å². The number of aromatic nitrogens is 1. The van der Waals surface area contributed by atoms with Gasteiger partial charge in [0.15, 0.2) is 0 Å². The maximum Gasteiger partial charge on any atom is 0.135 e. The van der Waals surface area contributed by atoms with Gasteiger partial charge in [-0.3, -0.25) is 0 Å². The summed E-state index contributed by atoms with van der Waals surface area (Å²) in [6.07, 6.45) is 1.79. The molecule has 0 aliphatic carbocycles. The number of thiophene rings is 1. The number of fused-ring (bicyclic) bond motifs is 1. The number of aliphatic hydroxyl groups excluding tert-OH is 1. The van der Waals surface area contributed by atoms with Crippen molar-refractivity contribution in [1.29, 1.82) is 0 Å². The van der Waals surface area contributed by atoms with Gasteiger partial charge >= 0.3 is 0 Å². The number of aliphatic hydroxyl groups is 1. The molecule has 0 atom stereocenters. The van der Waals surface area contributed by atoms with Crippen LogP contribution in [0.3, 0.4) is 0 Å². The summed E-state index contributed by atoms with van der Waals surface area (Å²) in [6, 6.07) is 4.04. The molecule has 2 rings (SSSR count). The van der Waals surface area contributed by atoms with Gasteiger partial charge in [0.1, 0.15) is 5.82 Å². The zero-order chi connectivity index (χ0) is 10.9. The molecular formula is C11H14N2OS. The Labute approximate surface area is 92.8 Å². The second kappa shape index (κ2) is 3.79. The highest BCUT2D eigenvalue weighted by Gasteiger charge is 2.17. The van der Waals surface area contributed by atoms with E-state index in [1.54, 1.807) is 17.5 Å². The molecule has 4 heteroatoms. The molecule has 0 spiro atoms. The minimum atomic E-state index is -0.344. The van der Waals surface area contributed by atoms with E-state index in [0.29, 0.717) is 0 Å². The molecule has 0 unspecified atom stereocenters. The topological polar surface area (TPSA) is 45.1 Å². The van der Waals surface area contributed by atoms with Crippen LogP contribution in [0.5, 0.6) is 0 Å². The van der Waals surface area contributed by atoms with Gasteiger partial charge in [-0.25, -0.2) is 4.98 Å².